The Labute approximate surface area is 79.9 Å². The molecule has 1 aromatic rings. The normalized spacial score (nSPS) is 9.67. The van der Waals surface area contributed by atoms with Crippen LogP contribution in [-0.4, -0.2) is 24.1 Å². The molecule has 1 heterocycles. The molecular weight excluding hydrogens is 201 g/mol. The van der Waals surface area contributed by atoms with E-state index in [-0.39, 0.29) is 16.1 Å². The number of rotatable bonds is 2. The van der Waals surface area contributed by atoms with E-state index in [0.29, 0.717) is 5.95 Å². The quantitative estimate of drug-likeness (QED) is 0.753. The molecule has 0 radical (unpaired) electrons. The second-order valence-electron chi connectivity index (χ2n) is 1.91. The lowest BCUT2D eigenvalue weighted by Crippen LogP contribution is -1.99. The van der Waals surface area contributed by atoms with Crippen molar-refractivity contribution in [2.45, 2.75) is 0 Å². The number of halogens is 2. The third-order valence-corrected chi connectivity index (χ3v) is 1.72. The average Bonchev–Trinajstić information content (AvgIpc) is 2.03. The number of nitrogens with zero attached hydrogens (tertiary/aromatic N) is 2. The number of anilines is 1. The van der Waals surface area contributed by atoms with Gasteiger partial charge in [0.2, 0.25) is 5.95 Å². The van der Waals surface area contributed by atoms with Crippen LogP contribution < -0.4 is 10.1 Å². The molecule has 4 nitrogen and oxygen atoms in total. The Kier molecular flexibility index (Phi) is 2.94. The average molecular weight is 208 g/mol. The van der Waals surface area contributed by atoms with Crippen LogP contribution in [0.2, 0.25) is 10.3 Å². The second-order valence-corrected chi connectivity index (χ2v) is 2.63. The Morgan fingerprint density at radius 2 is 1.75 bits per heavy atom. The number of hydrogen-bond donors (Lipinski definition) is 1. The van der Waals surface area contributed by atoms with Crippen LogP contribution in [0, 0.1) is 0 Å². The van der Waals surface area contributed by atoms with Crippen molar-refractivity contribution < 1.29 is 4.74 Å². The standard InChI is InChI=1S/C6H7Cl2N3O/c1-9-6-10-4(7)3(12-2)5(8)11-6/h1-2H3,(H,9,10,11). The van der Waals surface area contributed by atoms with Gasteiger partial charge >= 0.3 is 0 Å². The van der Waals surface area contributed by atoms with E-state index in [9.17, 15) is 0 Å². The number of ether oxygens (including phenoxy) is 1. The summed E-state index contributed by atoms with van der Waals surface area (Å²) in [5.74, 6) is 0.656. The molecule has 0 aliphatic heterocycles. The van der Waals surface area contributed by atoms with Gasteiger partial charge in [0.15, 0.2) is 16.1 Å². The maximum atomic E-state index is 5.71. The van der Waals surface area contributed by atoms with Gasteiger partial charge in [0.1, 0.15) is 0 Å². The molecule has 0 aliphatic carbocycles. The van der Waals surface area contributed by atoms with Crippen molar-refractivity contribution in [2.75, 3.05) is 19.5 Å². The van der Waals surface area contributed by atoms with Gasteiger partial charge in [-0.1, -0.05) is 23.2 Å². The summed E-state index contributed by atoms with van der Waals surface area (Å²) in [7, 11) is 3.13. The highest BCUT2D eigenvalue weighted by atomic mass is 35.5. The predicted molar refractivity (Wildman–Crippen MR) is 48.2 cm³/mol. The fraction of sp³-hybridized carbons (Fsp3) is 0.333. The number of aromatic nitrogens is 2. The molecule has 0 atom stereocenters. The van der Waals surface area contributed by atoms with Crippen molar-refractivity contribution >= 4 is 29.2 Å². The molecule has 0 aliphatic rings. The van der Waals surface area contributed by atoms with Crippen molar-refractivity contribution in [1.29, 1.82) is 0 Å². The van der Waals surface area contributed by atoms with Crippen LogP contribution in [0.25, 0.3) is 0 Å². The number of hydrogen-bond acceptors (Lipinski definition) is 4. The van der Waals surface area contributed by atoms with Crippen molar-refractivity contribution in [2.24, 2.45) is 0 Å². The Hall–Kier alpha value is -0.740. The zero-order valence-corrected chi connectivity index (χ0v) is 8.07. The molecule has 0 fully saturated rings. The molecule has 0 spiro atoms. The smallest absolute Gasteiger partial charge is 0.225 e. The van der Waals surface area contributed by atoms with Gasteiger partial charge in [0.25, 0.3) is 0 Å². The van der Waals surface area contributed by atoms with E-state index in [1.807, 2.05) is 0 Å². The maximum Gasteiger partial charge on any atom is 0.225 e. The molecule has 12 heavy (non-hydrogen) atoms. The molecule has 0 unspecified atom stereocenters. The lowest BCUT2D eigenvalue weighted by molar-refractivity contribution is 0.411. The lowest BCUT2D eigenvalue weighted by atomic mass is 10.6. The number of nitrogens with one attached hydrogen (secondary N) is 1. The summed E-state index contributed by atoms with van der Waals surface area (Å²) in [6.07, 6.45) is 0. The Balaban J connectivity index is 3.18. The van der Waals surface area contributed by atoms with Crippen molar-refractivity contribution in [1.82, 2.24) is 9.97 Å². The Morgan fingerprint density at radius 3 is 2.08 bits per heavy atom. The third kappa shape index (κ3) is 1.70. The minimum Gasteiger partial charge on any atom is -0.491 e. The highest BCUT2D eigenvalue weighted by molar-refractivity contribution is 6.35. The molecule has 0 saturated heterocycles. The molecule has 0 amide bonds. The lowest BCUT2D eigenvalue weighted by Gasteiger charge is -2.05. The topological polar surface area (TPSA) is 47.0 Å². The summed E-state index contributed by atoms with van der Waals surface area (Å²) in [6.45, 7) is 0. The molecule has 1 aromatic heterocycles. The molecule has 1 N–H and O–H groups in total. The van der Waals surface area contributed by atoms with Gasteiger partial charge < -0.3 is 10.1 Å². The summed E-state index contributed by atoms with van der Waals surface area (Å²) in [6, 6.07) is 0. The monoisotopic (exact) mass is 207 g/mol. The van der Waals surface area contributed by atoms with Gasteiger partial charge in [-0.05, 0) is 0 Å². The zero-order chi connectivity index (χ0) is 9.14. The van der Waals surface area contributed by atoms with E-state index in [1.165, 1.54) is 7.11 Å². The molecular formula is C6H7Cl2N3O. The van der Waals surface area contributed by atoms with Crippen molar-refractivity contribution in [3.05, 3.63) is 10.3 Å². The second kappa shape index (κ2) is 3.78. The summed E-state index contributed by atoms with van der Waals surface area (Å²) in [5.41, 5.74) is 0. The van der Waals surface area contributed by atoms with Crippen LogP contribution in [0.4, 0.5) is 5.95 Å². The third-order valence-electron chi connectivity index (χ3n) is 1.21. The SMILES string of the molecule is CNc1nc(Cl)c(OC)c(Cl)n1. The van der Waals surface area contributed by atoms with Crippen LogP contribution in [-0.2, 0) is 0 Å². The van der Waals surface area contributed by atoms with Gasteiger partial charge in [-0.3, -0.25) is 0 Å². The van der Waals surface area contributed by atoms with Crippen LogP contribution >= 0.6 is 23.2 Å². The molecule has 0 saturated carbocycles. The highest BCUT2D eigenvalue weighted by Crippen LogP contribution is 2.29. The van der Waals surface area contributed by atoms with Crippen LogP contribution in [0.1, 0.15) is 0 Å². The summed E-state index contributed by atoms with van der Waals surface area (Å²) in [5, 5.41) is 3.11. The van der Waals surface area contributed by atoms with E-state index in [4.69, 9.17) is 27.9 Å². The first kappa shape index (κ1) is 9.35. The summed E-state index contributed by atoms with van der Waals surface area (Å²) >= 11 is 11.4. The minimum atomic E-state index is 0.196. The Morgan fingerprint density at radius 1 is 1.25 bits per heavy atom. The molecule has 6 heteroatoms. The first-order chi connectivity index (χ1) is 5.69. The fourth-order valence-electron chi connectivity index (χ4n) is 0.678. The van der Waals surface area contributed by atoms with Crippen molar-refractivity contribution in [3.8, 4) is 5.75 Å². The molecule has 1 rings (SSSR count). The highest BCUT2D eigenvalue weighted by Gasteiger charge is 2.10. The van der Waals surface area contributed by atoms with Gasteiger partial charge in [0.05, 0.1) is 7.11 Å². The van der Waals surface area contributed by atoms with Gasteiger partial charge in [-0.2, -0.15) is 9.97 Å². The van der Waals surface area contributed by atoms with E-state index >= 15 is 0 Å². The van der Waals surface area contributed by atoms with Crippen LogP contribution in [0.5, 0.6) is 5.75 Å². The van der Waals surface area contributed by atoms with Gasteiger partial charge in [-0.25, -0.2) is 0 Å². The molecule has 0 bridgehead atoms. The van der Waals surface area contributed by atoms with Gasteiger partial charge in [0, 0.05) is 7.05 Å². The molecule has 0 aromatic carbocycles. The summed E-state index contributed by atoms with van der Waals surface area (Å²) in [4.78, 5) is 7.71. The molecule has 66 valence electrons. The first-order valence-corrected chi connectivity index (χ1v) is 3.89. The fourth-order valence-corrected chi connectivity index (χ4v) is 1.22. The van der Waals surface area contributed by atoms with Crippen LogP contribution in [0.3, 0.4) is 0 Å². The zero-order valence-electron chi connectivity index (χ0n) is 6.56. The van der Waals surface area contributed by atoms with E-state index in [1.54, 1.807) is 7.05 Å². The minimum absolute atomic E-state index is 0.196. The van der Waals surface area contributed by atoms with Crippen molar-refractivity contribution in [3.63, 3.8) is 0 Å². The maximum absolute atomic E-state index is 5.71. The number of methoxy groups -OCH3 is 1. The van der Waals surface area contributed by atoms with E-state index in [0.717, 1.165) is 0 Å². The van der Waals surface area contributed by atoms with E-state index < -0.39 is 0 Å². The largest absolute Gasteiger partial charge is 0.491 e. The predicted octanol–water partition coefficient (Wildman–Crippen LogP) is 1.83. The summed E-state index contributed by atoms with van der Waals surface area (Å²) < 4.78 is 4.86. The first-order valence-electron chi connectivity index (χ1n) is 3.13. The van der Waals surface area contributed by atoms with E-state index in [2.05, 4.69) is 15.3 Å². The van der Waals surface area contributed by atoms with Gasteiger partial charge in [-0.15, -0.1) is 0 Å². The Bertz CT molecular complexity index is 269. The van der Waals surface area contributed by atoms with Crippen LogP contribution in [0.15, 0.2) is 0 Å².